The lowest BCUT2D eigenvalue weighted by Gasteiger charge is -2.37. The first-order valence-corrected chi connectivity index (χ1v) is 11.9. The van der Waals surface area contributed by atoms with E-state index in [2.05, 4.69) is 16.4 Å². The number of fused-ring (bicyclic) bond motifs is 1. The summed E-state index contributed by atoms with van der Waals surface area (Å²) in [6, 6.07) is 11.3. The predicted octanol–water partition coefficient (Wildman–Crippen LogP) is 5.61. The summed E-state index contributed by atoms with van der Waals surface area (Å²) in [5, 5.41) is 5.40. The molecule has 0 saturated carbocycles. The van der Waals surface area contributed by atoms with E-state index in [1.807, 2.05) is 43.2 Å². The van der Waals surface area contributed by atoms with Gasteiger partial charge >= 0.3 is 5.97 Å². The minimum Gasteiger partial charge on any atom is -0.463 e. The highest BCUT2D eigenvalue weighted by Crippen LogP contribution is 2.45. The quantitative estimate of drug-likeness (QED) is 0.546. The molecule has 0 radical (unpaired) electrons. The van der Waals surface area contributed by atoms with Gasteiger partial charge in [0, 0.05) is 11.4 Å². The van der Waals surface area contributed by atoms with Crippen LogP contribution in [0.5, 0.6) is 0 Å². The molecule has 0 spiro atoms. The third kappa shape index (κ3) is 4.77. The van der Waals surface area contributed by atoms with Gasteiger partial charge in [-0.05, 0) is 68.5 Å². The number of halogens is 1. The molecule has 1 N–H and O–H groups in total. The number of benzene rings is 2. The van der Waals surface area contributed by atoms with Crippen molar-refractivity contribution in [2.75, 3.05) is 11.9 Å². The average molecular weight is 480 g/mol. The maximum absolute atomic E-state index is 13.2. The van der Waals surface area contributed by atoms with Crippen LogP contribution < -0.4 is 5.32 Å². The Morgan fingerprint density at radius 3 is 2.56 bits per heavy atom. The van der Waals surface area contributed by atoms with E-state index in [-0.39, 0.29) is 24.8 Å². The van der Waals surface area contributed by atoms with Gasteiger partial charge in [-0.3, -0.25) is 4.79 Å². The molecule has 4 rings (SSSR count). The second-order valence-corrected chi connectivity index (χ2v) is 9.04. The Morgan fingerprint density at radius 2 is 1.88 bits per heavy atom. The van der Waals surface area contributed by atoms with E-state index in [1.165, 1.54) is 36.0 Å². The lowest BCUT2D eigenvalue weighted by atomic mass is 9.90. The van der Waals surface area contributed by atoms with Crippen LogP contribution in [0.2, 0.25) is 0 Å². The molecule has 0 aliphatic carbocycles. The number of esters is 1. The van der Waals surface area contributed by atoms with Gasteiger partial charge in [0.15, 0.2) is 5.17 Å². The summed E-state index contributed by atoms with van der Waals surface area (Å²) < 4.78 is 18.6. The molecule has 2 aliphatic rings. The van der Waals surface area contributed by atoms with Gasteiger partial charge in [-0.25, -0.2) is 14.2 Å². The summed E-state index contributed by atoms with van der Waals surface area (Å²) in [5.41, 5.74) is 5.41. The summed E-state index contributed by atoms with van der Waals surface area (Å²) in [6.07, 6.45) is 0.0694. The number of allylic oxidation sites excluding steroid dienone is 1. The first-order chi connectivity index (χ1) is 16.3. The van der Waals surface area contributed by atoms with Gasteiger partial charge in [-0.2, -0.15) is 0 Å². The van der Waals surface area contributed by atoms with Crippen LogP contribution in [-0.4, -0.2) is 28.6 Å². The molecular weight excluding hydrogens is 453 g/mol. The predicted molar refractivity (Wildman–Crippen MR) is 133 cm³/mol. The molecule has 0 saturated heterocycles. The summed E-state index contributed by atoms with van der Waals surface area (Å²) in [5.74, 6) is -1.03. The molecule has 0 aromatic heterocycles. The summed E-state index contributed by atoms with van der Waals surface area (Å²) in [6.45, 7) is 7.87. The van der Waals surface area contributed by atoms with Crippen LogP contribution in [-0.2, 0) is 14.3 Å². The SMILES string of the molecule is CCOC(=O)C1=C(C)N=C2SC=C(CC(=O)Nc3ccc(F)cc3)N2C1c1ccc(C)cc1C. The van der Waals surface area contributed by atoms with Gasteiger partial charge in [-0.15, -0.1) is 0 Å². The van der Waals surface area contributed by atoms with Gasteiger partial charge in [-0.1, -0.05) is 35.5 Å². The molecular formula is C26H26FN3O3S. The number of carbonyl (C=O) groups excluding carboxylic acids is 2. The Kier molecular flexibility index (Phi) is 6.88. The van der Waals surface area contributed by atoms with Gasteiger partial charge in [0.1, 0.15) is 5.82 Å². The molecule has 0 bridgehead atoms. The second kappa shape index (κ2) is 9.85. The van der Waals surface area contributed by atoms with Gasteiger partial charge in [0.2, 0.25) is 5.91 Å². The zero-order chi connectivity index (χ0) is 24.4. The Labute approximate surface area is 202 Å². The van der Waals surface area contributed by atoms with Crippen molar-refractivity contribution in [2.45, 2.75) is 40.2 Å². The molecule has 1 atom stereocenters. The number of carbonyl (C=O) groups is 2. The van der Waals surface area contributed by atoms with Crippen LogP contribution in [0.15, 0.2) is 69.8 Å². The highest BCUT2D eigenvalue weighted by atomic mass is 32.2. The van der Waals surface area contributed by atoms with Crippen LogP contribution in [0.1, 0.15) is 43.0 Å². The zero-order valence-electron chi connectivity index (χ0n) is 19.5. The fraction of sp³-hybridized carbons (Fsp3) is 0.269. The first-order valence-electron chi connectivity index (χ1n) is 11.0. The fourth-order valence-corrected chi connectivity index (χ4v) is 5.13. The van der Waals surface area contributed by atoms with Crippen LogP contribution in [0, 0.1) is 19.7 Å². The smallest absolute Gasteiger partial charge is 0.338 e. The van der Waals surface area contributed by atoms with E-state index in [0.717, 1.165) is 22.4 Å². The maximum Gasteiger partial charge on any atom is 0.338 e. The highest BCUT2D eigenvalue weighted by Gasteiger charge is 2.41. The lowest BCUT2D eigenvalue weighted by Crippen LogP contribution is -2.37. The Morgan fingerprint density at radius 1 is 1.15 bits per heavy atom. The van der Waals surface area contributed by atoms with Crippen LogP contribution in [0.4, 0.5) is 10.1 Å². The molecule has 2 heterocycles. The molecule has 34 heavy (non-hydrogen) atoms. The number of amidine groups is 1. The number of nitrogens with zero attached hydrogens (tertiary/aromatic N) is 2. The van der Waals surface area contributed by atoms with Crippen molar-refractivity contribution >= 4 is 34.5 Å². The minimum absolute atomic E-state index is 0.0694. The molecule has 8 heteroatoms. The number of rotatable bonds is 6. The number of aliphatic imine (C=N–C) groups is 1. The second-order valence-electron chi connectivity index (χ2n) is 8.21. The molecule has 0 fully saturated rings. The number of amides is 1. The van der Waals surface area contributed by atoms with Crippen molar-refractivity contribution in [1.82, 2.24) is 4.90 Å². The Balaban J connectivity index is 1.69. The van der Waals surface area contributed by atoms with Gasteiger partial charge < -0.3 is 15.0 Å². The number of hydrogen-bond donors (Lipinski definition) is 1. The molecule has 176 valence electrons. The average Bonchev–Trinajstić information content (AvgIpc) is 3.16. The van der Waals surface area contributed by atoms with Crippen molar-refractivity contribution < 1.29 is 18.7 Å². The third-order valence-electron chi connectivity index (χ3n) is 5.69. The highest BCUT2D eigenvalue weighted by molar-refractivity contribution is 8.16. The molecule has 2 aliphatic heterocycles. The lowest BCUT2D eigenvalue weighted by molar-refractivity contribution is -0.139. The normalized spacial score (nSPS) is 17.2. The third-order valence-corrected chi connectivity index (χ3v) is 6.57. The van der Waals surface area contributed by atoms with Gasteiger partial charge in [0.25, 0.3) is 0 Å². The topological polar surface area (TPSA) is 71.0 Å². The van der Waals surface area contributed by atoms with Crippen molar-refractivity contribution in [3.8, 4) is 0 Å². The summed E-state index contributed by atoms with van der Waals surface area (Å²) in [7, 11) is 0. The fourth-order valence-electron chi connectivity index (χ4n) is 4.17. The van der Waals surface area contributed by atoms with E-state index in [1.54, 1.807) is 6.92 Å². The number of ether oxygens (including phenoxy) is 1. The van der Waals surface area contributed by atoms with E-state index in [4.69, 9.17) is 4.74 Å². The Bertz CT molecular complexity index is 1230. The number of hydrogen-bond acceptors (Lipinski definition) is 6. The molecule has 1 unspecified atom stereocenters. The van der Waals surface area contributed by atoms with Crippen molar-refractivity contribution in [3.05, 3.63) is 87.3 Å². The first kappa shape index (κ1) is 23.8. The van der Waals surface area contributed by atoms with Crippen molar-refractivity contribution in [1.29, 1.82) is 0 Å². The molecule has 2 aromatic carbocycles. The van der Waals surface area contributed by atoms with E-state index < -0.39 is 12.0 Å². The van der Waals surface area contributed by atoms with Crippen LogP contribution in [0.25, 0.3) is 0 Å². The summed E-state index contributed by atoms with van der Waals surface area (Å²) >= 11 is 1.42. The Hall–Kier alpha value is -3.39. The zero-order valence-corrected chi connectivity index (χ0v) is 20.3. The van der Waals surface area contributed by atoms with Crippen LogP contribution >= 0.6 is 11.8 Å². The van der Waals surface area contributed by atoms with Crippen LogP contribution in [0.3, 0.4) is 0 Å². The van der Waals surface area contributed by atoms with E-state index >= 15 is 0 Å². The van der Waals surface area contributed by atoms with Gasteiger partial charge in [0.05, 0.1) is 30.3 Å². The molecule has 1 amide bonds. The standard InChI is InChI=1S/C26H26FN3O3S/c1-5-33-25(32)23-17(4)28-26-30(24(23)21-11-6-15(2)12-16(21)3)20(14-34-26)13-22(31)29-19-9-7-18(27)8-10-19/h6-12,14,24H,5,13H2,1-4H3,(H,29,31). The van der Waals surface area contributed by atoms with Crippen molar-refractivity contribution in [2.24, 2.45) is 4.99 Å². The van der Waals surface area contributed by atoms with E-state index in [9.17, 15) is 14.0 Å². The molecule has 2 aromatic rings. The molecule has 6 nitrogen and oxygen atoms in total. The number of nitrogens with one attached hydrogen (secondary N) is 1. The number of anilines is 1. The monoisotopic (exact) mass is 479 g/mol. The number of aryl methyl sites for hydroxylation is 2. The van der Waals surface area contributed by atoms with Crippen molar-refractivity contribution in [3.63, 3.8) is 0 Å². The maximum atomic E-state index is 13.2. The minimum atomic E-state index is -0.466. The summed E-state index contributed by atoms with van der Waals surface area (Å²) in [4.78, 5) is 32.5. The number of thioether (sulfide) groups is 1. The van der Waals surface area contributed by atoms with E-state index in [0.29, 0.717) is 22.1 Å². The largest absolute Gasteiger partial charge is 0.463 e.